The predicted molar refractivity (Wildman–Crippen MR) is 65.2 cm³/mol. The van der Waals surface area contributed by atoms with E-state index in [1.165, 1.54) is 38.0 Å². The summed E-state index contributed by atoms with van der Waals surface area (Å²) in [6.45, 7) is 2.86. The summed E-state index contributed by atoms with van der Waals surface area (Å²) in [5.41, 5.74) is 7.89. The van der Waals surface area contributed by atoms with Gasteiger partial charge in [-0.05, 0) is 37.5 Å². The second kappa shape index (κ2) is 5.03. The lowest BCUT2D eigenvalue weighted by Gasteiger charge is -2.29. The van der Waals surface area contributed by atoms with Crippen molar-refractivity contribution in [1.29, 1.82) is 0 Å². The SMILES string of the molecule is NCNc1cccc(N2CCCCC2)c1. The van der Waals surface area contributed by atoms with Crippen molar-refractivity contribution in [3.63, 3.8) is 0 Å². The van der Waals surface area contributed by atoms with E-state index in [-0.39, 0.29) is 0 Å². The van der Waals surface area contributed by atoms with Gasteiger partial charge in [-0.2, -0.15) is 0 Å². The number of rotatable bonds is 3. The minimum Gasteiger partial charge on any atom is -0.373 e. The van der Waals surface area contributed by atoms with Gasteiger partial charge >= 0.3 is 0 Å². The molecule has 1 aliphatic heterocycles. The molecule has 0 unspecified atom stereocenters. The highest BCUT2D eigenvalue weighted by molar-refractivity contribution is 5.58. The average molecular weight is 205 g/mol. The van der Waals surface area contributed by atoms with Crippen molar-refractivity contribution in [3.05, 3.63) is 24.3 Å². The summed E-state index contributed by atoms with van der Waals surface area (Å²) in [4.78, 5) is 2.45. The second-order valence-corrected chi connectivity index (χ2v) is 3.98. The van der Waals surface area contributed by atoms with Gasteiger partial charge in [0, 0.05) is 24.5 Å². The van der Waals surface area contributed by atoms with Crippen LogP contribution in [0.15, 0.2) is 24.3 Å². The van der Waals surface area contributed by atoms with Gasteiger partial charge in [0.25, 0.3) is 0 Å². The van der Waals surface area contributed by atoms with Crippen LogP contribution in [0.25, 0.3) is 0 Å². The van der Waals surface area contributed by atoms with Gasteiger partial charge in [-0.3, -0.25) is 0 Å². The molecule has 3 nitrogen and oxygen atoms in total. The van der Waals surface area contributed by atoms with Crippen molar-refractivity contribution >= 4 is 11.4 Å². The molecule has 1 fully saturated rings. The third kappa shape index (κ3) is 2.63. The quantitative estimate of drug-likeness (QED) is 0.742. The molecule has 0 radical (unpaired) electrons. The van der Waals surface area contributed by atoms with Crippen LogP contribution >= 0.6 is 0 Å². The number of nitrogens with two attached hydrogens (primary N) is 1. The van der Waals surface area contributed by atoms with E-state index in [1.807, 2.05) is 0 Å². The number of benzene rings is 1. The third-order valence-corrected chi connectivity index (χ3v) is 2.87. The summed E-state index contributed by atoms with van der Waals surface area (Å²) < 4.78 is 0. The molecule has 0 amide bonds. The summed E-state index contributed by atoms with van der Waals surface area (Å²) in [5.74, 6) is 0. The van der Waals surface area contributed by atoms with E-state index in [1.54, 1.807) is 0 Å². The van der Waals surface area contributed by atoms with Crippen LogP contribution in [0.5, 0.6) is 0 Å². The zero-order valence-corrected chi connectivity index (χ0v) is 9.08. The smallest absolute Gasteiger partial charge is 0.0628 e. The molecule has 1 heterocycles. The van der Waals surface area contributed by atoms with Gasteiger partial charge in [-0.25, -0.2) is 0 Å². The Bertz CT molecular complexity index is 305. The Balaban J connectivity index is 2.09. The van der Waals surface area contributed by atoms with E-state index in [0.717, 1.165) is 5.69 Å². The average Bonchev–Trinajstić information content (AvgIpc) is 2.31. The molecule has 3 N–H and O–H groups in total. The minimum atomic E-state index is 0.490. The molecule has 3 heteroatoms. The second-order valence-electron chi connectivity index (χ2n) is 3.98. The fraction of sp³-hybridized carbons (Fsp3) is 0.500. The zero-order valence-electron chi connectivity index (χ0n) is 9.08. The number of hydrogen-bond acceptors (Lipinski definition) is 3. The van der Waals surface area contributed by atoms with Crippen molar-refractivity contribution in [2.75, 3.05) is 30.0 Å². The molecule has 1 aromatic rings. The van der Waals surface area contributed by atoms with Crippen LogP contribution in [0.2, 0.25) is 0 Å². The van der Waals surface area contributed by atoms with Gasteiger partial charge in [0.05, 0.1) is 6.67 Å². The highest BCUT2D eigenvalue weighted by atomic mass is 15.1. The molecule has 1 saturated heterocycles. The molecule has 0 aromatic heterocycles. The first-order valence-electron chi connectivity index (χ1n) is 5.69. The zero-order chi connectivity index (χ0) is 10.5. The molecule has 2 rings (SSSR count). The normalized spacial score (nSPS) is 16.5. The van der Waals surface area contributed by atoms with Crippen LogP contribution in [0.4, 0.5) is 11.4 Å². The molecular formula is C12H19N3. The van der Waals surface area contributed by atoms with Gasteiger partial charge in [-0.1, -0.05) is 6.07 Å². The molecule has 1 aromatic carbocycles. The van der Waals surface area contributed by atoms with Crippen LogP contribution in [0, 0.1) is 0 Å². The van der Waals surface area contributed by atoms with Gasteiger partial charge < -0.3 is 16.0 Å². The van der Waals surface area contributed by atoms with E-state index in [4.69, 9.17) is 5.73 Å². The fourth-order valence-corrected chi connectivity index (χ4v) is 2.08. The summed E-state index contributed by atoms with van der Waals surface area (Å²) in [5, 5.41) is 3.14. The molecule has 82 valence electrons. The highest BCUT2D eigenvalue weighted by Crippen LogP contribution is 2.22. The number of hydrogen-bond donors (Lipinski definition) is 2. The molecule has 0 saturated carbocycles. The standard InChI is InChI=1S/C12H19N3/c13-10-14-11-5-4-6-12(9-11)15-7-2-1-3-8-15/h4-6,9,14H,1-3,7-8,10,13H2. The summed E-state index contributed by atoms with van der Waals surface area (Å²) in [6, 6.07) is 8.49. The Morgan fingerprint density at radius 1 is 1.20 bits per heavy atom. The van der Waals surface area contributed by atoms with Gasteiger partial charge in [0.15, 0.2) is 0 Å². The Labute approximate surface area is 91.3 Å². The van der Waals surface area contributed by atoms with Crippen LogP contribution in [-0.2, 0) is 0 Å². The van der Waals surface area contributed by atoms with Crippen LogP contribution < -0.4 is 16.0 Å². The van der Waals surface area contributed by atoms with E-state index in [9.17, 15) is 0 Å². The Morgan fingerprint density at radius 2 is 2.00 bits per heavy atom. The Hall–Kier alpha value is -1.22. The Kier molecular flexibility index (Phi) is 3.45. The summed E-state index contributed by atoms with van der Waals surface area (Å²) in [7, 11) is 0. The summed E-state index contributed by atoms with van der Waals surface area (Å²) >= 11 is 0. The Morgan fingerprint density at radius 3 is 2.73 bits per heavy atom. The van der Waals surface area contributed by atoms with Crippen molar-refractivity contribution in [3.8, 4) is 0 Å². The number of anilines is 2. The molecule has 0 spiro atoms. The molecular weight excluding hydrogens is 186 g/mol. The first kappa shape index (κ1) is 10.3. The lowest BCUT2D eigenvalue weighted by Crippen LogP contribution is -2.29. The van der Waals surface area contributed by atoms with Crippen molar-refractivity contribution in [2.24, 2.45) is 5.73 Å². The topological polar surface area (TPSA) is 41.3 Å². The maximum atomic E-state index is 5.46. The molecule has 15 heavy (non-hydrogen) atoms. The van der Waals surface area contributed by atoms with Crippen LogP contribution in [0.1, 0.15) is 19.3 Å². The highest BCUT2D eigenvalue weighted by Gasteiger charge is 2.10. The maximum Gasteiger partial charge on any atom is 0.0628 e. The molecule has 0 bridgehead atoms. The van der Waals surface area contributed by atoms with E-state index in [2.05, 4.69) is 34.5 Å². The van der Waals surface area contributed by atoms with Crippen LogP contribution in [-0.4, -0.2) is 19.8 Å². The number of nitrogens with one attached hydrogen (secondary N) is 1. The largest absolute Gasteiger partial charge is 0.373 e. The fourth-order valence-electron chi connectivity index (χ4n) is 2.08. The molecule has 0 atom stereocenters. The lowest BCUT2D eigenvalue weighted by molar-refractivity contribution is 0.578. The lowest BCUT2D eigenvalue weighted by atomic mass is 10.1. The van der Waals surface area contributed by atoms with Gasteiger partial charge in [0.1, 0.15) is 0 Å². The van der Waals surface area contributed by atoms with E-state index < -0.39 is 0 Å². The van der Waals surface area contributed by atoms with Crippen molar-refractivity contribution in [1.82, 2.24) is 0 Å². The number of piperidine rings is 1. The minimum absolute atomic E-state index is 0.490. The van der Waals surface area contributed by atoms with Crippen molar-refractivity contribution < 1.29 is 0 Å². The third-order valence-electron chi connectivity index (χ3n) is 2.87. The van der Waals surface area contributed by atoms with Gasteiger partial charge in [0.2, 0.25) is 0 Å². The van der Waals surface area contributed by atoms with Gasteiger partial charge in [-0.15, -0.1) is 0 Å². The molecule has 1 aliphatic rings. The van der Waals surface area contributed by atoms with E-state index >= 15 is 0 Å². The maximum absolute atomic E-state index is 5.46. The van der Waals surface area contributed by atoms with Crippen LogP contribution in [0.3, 0.4) is 0 Å². The predicted octanol–water partition coefficient (Wildman–Crippen LogP) is 2.00. The molecule has 0 aliphatic carbocycles. The monoisotopic (exact) mass is 205 g/mol. The first-order chi connectivity index (χ1) is 7.40. The van der Waals surface area contributed by atoms with Crippen molar-refractivity contribution in [2.45, 2.75) is 19.3 Å². The van der Waals surface area contributed by atoms with E-state index in [0.29, 0.717) is 6.67 Å². The summed E-state index contributed by atoms with van der Waals surface area (Å²) in [6.07, 6.45) is 4.00. The number of nitrogens with zero attached hydrogens (tertiary/aromatic N) is 1. The first-order valence-corrected chi connectivity index (χ1v) is 5.69.